The second-order valence-electron chi connectivity index (χ2n) is 10.6. The van der Waals surface area contributed by atoms with Crippen LogP contribution in [-0.2, 0) is 31.3 Å². The standard InChI is InChI=1S/C24H28FN3O2.C6H8O7/c1-16-19-14-18(30-3)8-9-22(19)26-23(16)15-28-12-10-24(11-13-28,27-17(2)29)20-6-4-5-7-21(20)25;7-3(8)1-6(13,5(11)12)2-4(9)10/h4-9,14,26H,10-13,15H2,1-3H3,(H,27,29);13H,1-2H2,(H,7,8)(H,9,10)(H,11,12). The third kappa shape index (κ3) is 8.08. The first-order valence-electron chi connectivity index (χ1n) is 13.5. The predicted molar refractivity (Wildman–Crippen MR) is 153 cm³/mol. The van der Waals surface area contributed by atoms with Crippen LogP contribution in [0.5, 0.6) is 5.75 Å². The first-order chi connectivity index (χ1) is 20.2. The molecule has 1 aliphatic heterocycles. The molecule has 0 saturated carbocycles. The van der Waals surface area contributed by atoms with Gasteiger partial charge in [0, 0.05) is 48.7 Å². The molecule has 2 aromatic carbocycles. The lowest BCUT2D eigenvalue weighted by Crippen LogP contribution is -2.52. The summed E-state index contributed by atoms with van der Waals surface area (Å²) in [7, 11) is 1.68. The van der Waals surface area contributed by atoms with Crippen molar-refractivity contribution in [3.63, 3.8) is 0 Å². The lowest BCUT2D eigenvalue weighted by Gasteiger charge is -2.42. The fourth-order valence-electron chi connectivity index (χ4n) is 5.33. The number of nitrogens with zero attached hydrogens (tertiary/aromatic N) is 1. The summed E-state index contributed by atoms with van der Waals surface area (Å²) < 4.78 is 19.9. The van der Waals surface area contributed by atoms with Crippen molar-refractivity contribution in [2.75, 3.05) is 20.2 Å². The molecule has 1 aliphatic rings. The Morgan fingerprint density at radius 2 is 1.65 bits per heavy atom. The minimum absolute atomic E-state index is 0.132. The van der Waals surface area contributed by atoms with Crippen molar-refractivity contribution in [3.8, 4) is 5.75 Å². The van der Waals surface area contributed by atoms with E-state index in [9.17, 15) is 23.6 Å². The summed E-state index contributed by atoms with van der Waals surface area (Å²) >= 11 is 0. The van der Waals surface area contributed by atoms with Gasteiger partial charge in [-0.05, 0) is 49.6 Å². The van der Waals surface area contributed by atoms with Crippen LogP contribution < -0.4 is 10.1 Å². The molecule has 0 spiro atoms. The van der Waals surface area contributed by atoms with E-state index in [2.05, 4.69) is 28.2 Å². The van der Waals surface area contributed by atoms with E-state index in [0.717, 1.165) is 30.9 Å². The summed E-state index contributed by atoms with van der Waals surface area (Å²) in [5.41, 5.74) is 0.676. The first kappa shape index (κ1) is 33.0. The van der Waals surface area contributed by atoms with Crippen molar-refractivity contribution in [2.45, 2.75) is 57.2 Å². The Hall–Kier alpha value is -4.49. The Bertz CT molecular complexity index is 1480. The number of carboxylic acids is 3. The maximum absolute atomic E-state index is 14.6. The number of halogens is 1. The molecule has 12 nitrogen and oxygen atoms in total. The van der Waals surface area contributed by atoms with E-state index in [-0.39, 0.29) is 11.7 Å². The van der Waals surface area contributed by atoms with Gasteiger partial charge in [0.2, 0.25) is 5.91 Å². The van der Waals surface area contributed by atoms with Gasteiger partial charge in [-0.2, -0.15) is 0 Å². The number of fused-ring (bicyclic) bond motifs is 1. The molecule has 1 fully saturated rings. The van der Waals surface area contributed by atoms with Crippen LogP contribution >= 0.6 is 0 Å². The Kier molecular flexibility index (Phi) is 10.5. The van der Waals surface area contributed by atoms with Crippen LogP contribution in [0.4, 0.5) is 4.39 Å². The number of likely N-dealkylation sites (tertiary alicyclic amines) is 1. The van der Waals surface area contributed by atoms with E-state index >= 15 is 0 Å². The number of H-pyrrole nitrogens is 1. The fraction of sp³-hybridized carbons (Fsp3) is 0.400. The maximum Gasteiger partial charge on any atom is 0.336 e. The molecule has 0 unspecified atom stereocenters. The highest BCUT2D eigenvalue weighted by Crippen LogP contribution is 2.35. The molecule has 43 heavy (non-hydrogen) atoms. The van der Waals surface area contributed by atoms with Crippen molar-refractivity contribution in [1.29, 1.82) is 0 Å². The molecule has 232 valence electrons. The Labute approximate surface area is 247 Å². The summed E-state index contributed by atoms with van der Waals surface area (Å²) in [5, 5.41) is 38.0. The van der Waals surface area contributed by atoms with E-state index in [1.165, 1.54) is 29.6 Å². The average Bonchev–Trinajstić information content (AvgIpc) is 3.23. The van der Waals surface area contributed by atoms with E-state index in [0.29, 0.717) is 18.4 Å². The van der Waals surface area contributed by atoms with Gasteiger partial charge < -0.3 is 35.5 Å². The lowest BCUT2D eigenvalue weighted by molar-refractivity contribution is -0.170. The molecule has 0 radical (unpaired) electrons. The minimum Gasteiger partial charge on any atom is -0.497 e. The number of aromatic amines is 1. The number of hydrogen-bond acceptors (Lipinski definition) is 7. The number of carbonyl (C=O) groups excluding carboxylic acids is 1. The second kappa shape index (κ2) is 13.7. The Morgan fingerprint density at radius 1 is 1.05 bits per heavy atom. The third-order valence-electron chi connectivity index (χ3n) is 7.55. The van der Waals surface area contributed by atoms with Gasteiger partial charge in [0.25, 0.3) is 0 Å². The number of nitrogens with one attached hydrogen (secondary N) is 2. The zero-order valence-corrected chi connectivity index (χ0v) is 24.1. The van der Waals surface area contributed by atoms with Gasteiger partial charge in [0.05, 0.1) is 25.5 Å². The van der Waals surface area contributed by atoms with E-state index in [4.69, 9.17) is 25.2 Å². The normalized spacial score (nSPS) is 14.8. The summed E-state index contributed by atoms with van der Waals surface area (Å²) in [6.45, 7) is 5.95. The van der Waals surface area contributed by atoms with Crippen molar-refractivity contribution in [2.24, 2.45) is 0 Å². The van der Waals surface area contributed by atoms with Gasteiger partial charge in [-0.15, -0.1) is 0 Å². The van der Waals surface area contributed by atoms with E-state index < -0.39 is 41.9 Å². The van der Waals surface area contributed by atoms with E-state index in [1.807, 2.05) is 18.2 Å². The summed E-state index contributed by atoms with van der Waals surface area (Å²) in [5.74, 6) is -4.57. The quantitative estimate of drug-likeness (QED) is 0.201. The van der Waals surface area contributed by atoms with Crippen molar-refractivity contribution >= 4 is 34.7 Å². The zero-order valence-electron chi connectivity index (χ0n) is 24.1. The summed E-state index contributed by atoms with van der Waals surface area (Å²) in [6, 6.07) is 12.8. The number of amides is 1. The number of aliphatic carboxylic acids is 3. The Morgan fingerprint density at radius 3 is 2.16 bits per heavy atom. The van der Waals surface area contributed by atoms with Crippen LogP contribution in [0, 0.1) is 12.7 Å². The largest absolute Gasteiger partial charge is 0.497 e. The number of aryl methyl sites for hydroxylation is 1. The highest BCUT2D eigenvalue weighted by atomic mass is 19.1. The van der Waals surface area contributed by atoms with Gasteiger partial charge in [-0.25, -0.2) is 9.18 Å². The number of aromatic nitrogens is 1. The van der Waals surface area contributed by atoms with Crippen LogP contribution in [0.2, 0.25) is 0 Å². The molecule has 1 aromatic heterocycles. The van der Waals surface area contributed by atoms with Gasteiger partial charge in [0.1, 0.15) is 11.6 Å². The minimum atomic E-state index is -2.74. The first-order valence-corrected chi connectivity index (χ1v) is 13.5. The van der Waals surface area contributed by atoms with Crippen LogP contribution in [-0.4, -0.2) is 79.9 Å². The van der Waals surface area contributed by atoms with Gasteiger partial charge >= 0.3 is 17.9 Å². The molecule has 3 aromatic rings. The predicted octanol–water partition coefficient (Wildman–Crippen LogP) is 3.00. The van der Waals surface area contributed by atoms with Crippen LogP contribution in [0.15, 0.2) is 42.5 Å². The number of benzene rings is 2. The number of aliphatic hydroxyl groups is 1. The van der Waals surface area contributed by atoms with Gasteiger partial charge in [0.15, 0.2) is 5.60 Å². The molecule has 0 bridgehead atoms. The number of ether oxygens (including phenoxy) is 1. The van der Waals surface area contributed by atoms with E-state index in [1.54, 1.807) is 19.2 Å². The topological polar surface area (TPSA) is 189 Å². The molecular formula is C30H36FN3O9. The number of piperidine rings is 1. The molecule has 1 saturated heterocycles. The molecule has 1 amide bonds. The lowest BCUT2D eigenvalue weighted by atomic mass is 9.80. The summed E-state index contributed by atoms with van der Waals surface area (Å²) in [4.78, 5) is 48.3. The molecule has 6 N–H and O–H groups in total. The number of carboxylic acid groups (broad SMARTS) is 3. The Balaban J connectivity index is 0.000000331. The van der Waals surface area contributed by atoms with Gasteiger partial charge in [-0.1, -0.05) is 18.2 Å². The third-order valence-corrected chi connectivity index (χ3v) is 7.55. The molecule has 13 heteroatoms. The van der Waals surface area contributed by atoms with Gasteiger partial charge in [-0.3, -0.25) is 19.3 Å². The molecule has 2 heterocycles. The van der Waals surface area contributed by atoms with Crippen LogP contribution in [0.25, 0.3) is 10.9 Å². The maximum atomic E-state index is 14.6. The molecule has 0 aliphatic carbocycles. The second-order valence-corrected chi connectivity index (χ2v) is 10.6. The molecular weight excluding hydrogens is 565 g/mol. The zero-order chi connectivity index (χ0) is 31.9. The van der Waals surface area contributed by atoms with Crippen LogP contribution in [0.3, 0.4) is 0 Å². The average molecular weight is 602 g/mol. The SMILES string of the molecule is COc1ccc2[nH]c(CN3CCC(NC(C)=O)(c4ccccc4F)CC3)c(C)c2c1.O=C(O)CC(O)(CC(=O)O)C(=O)O. The fourth-order valence-corrected chi connectivity index (χ4v) is 5.33. The number of carbonyl (C=O) groups is 4. The number of hydrogen-bond donors (Lipinski definition) is 6. The monoisotopic (exact) mass is 601 g/mol. The van der Waals surface area contributed by atoms with Crippen molar-refractivity contribution < 1.29 is 48.7 Å². The van der Waals surface area contributed by atoms with Crippen LogP contribution in [0.1, 0.15) is 49.4 Å². The summed E-state index contributed by atoms with van der Waals surface area (Å²) in [6.07, 6.45) is -0.954. The molecule has 4 rings (SSSR count). The van der Waals surface area contributed by atoms with Crippen molar-refractivity contribution in [3.05, 3.63) is 65.1 Å². The number of rotatable bonds is 10. The molecule has 0 atom stereocenters. The highest BCUT2D eigenvalue weighted by molar-refractivity contribution is 5.88. The highest BCUT2D eigenvalue weighted by Gasteiger charge is 2.41. The smallest absolute Gasteiger partial charge is 0.336 e. The van der Waals surface area contributed by atoms with Crippen molar-refractivity contribution in [1.82, 2.24) is 15.2 Å². The number of methoxy groups -OCH3 is 1.